The second-order valence-corrected chi connectivity index (χ2v) is 4.21. The van der Waals surface area contributed by atoms with Gasteiger partial charge in [-0.25, -0.2) is 0 Å². The maximum absolute atomic E-state index is 5.13. The Morgan fingerprint density at radius 1 is 1.00 bits per heavy atom. The van der Waals surface area contributed by atoms with Gasteiger partial charge in [0.25, 0.3) is 0 Å². The second kappa shape index (κ2) is 5.50. The number of benzene rings is 2. The van der Waals surface area contributed by atoms with Crippen LogP contribution in [0.25, 0.3) is 0 Å². The minimum absolute atomic E-state index is 0.850. The van der Waals surface area contributed by atoms with E-state index < -0.39 is 0 Å². The van der Waals surface area contributed by atoms with Gasteiger partial charge in [-0.15, -0.1) is 0 Å². The Kier molecular flexibility index (Phi) is 3.78. The monoisotopic (exact) mass is 239 g/mol. The molecule has 0 aliphatic carbocycles. The van der Waals surface area contributed by atoms with Gasteiger partial charge in [0.15, 0.2) is 0 Å². The van der Waals surface area contributed by atoms with Crippen molar-refractivity contribution in [2.75, 3.05) is 7.11 Å². The van der Waals surface area contributed by atoms with E-state index in [-0.39, 0.29) is 0 Å². The van der Waals surface area contributed by atoms with Gasteiger partial charge in [-0.2, -0.15) is 0 Å². The molecule has 0 radical (unpaired) electrons. The molecule has 2 aromatic rings. The summed E-state index contributed by atoms with van der Waals surface area (Å²) in [6, 6.07) is 16.0. The molecular weight excluding hydrogens is 222 g/mol. The SMILES string of the molecule is COc1ccc(N=C(C)c2ccccc2C)cc1. The van der Waals surface area contributed by atoms with Gasteiger partial charge in [0.05, 0.1) is 12.8 Å². The molecule has 0 aromatic heterocycles. The summed E-state index contributed by atoms with van der Waals surface area (Å²) in [5, 5.41) is 0. The molecule has 2 heteroatoms. The Morgan fingerprint density at radius 3 is 2.28 bits per heavy atom. The Bertz CT molecular complexity index is 556. The highest BCUT2D eigenvalue weighted by Gasteiger charge is 2.01. The first-order valence-electron chi connectivity index (χ1n) is 5.96. The van der Waals surface area contributed by atoms with E-state index in [1.807, 2.05) is 43.3 Å². The molecule has 0 unspecified atom stereocenters. The zero-order valence-corrected chi connectivity index (χ0v) is 11.0. The fraction of sp³-hybridized carbons (Fsp3) is 0.188. The van der Waals surface area contributed by atoms with Crippen molar-refractivity contribution in [2.24, 2.45) is 4.99 Å². The van der Waals surface area contributed by atoms with Crippen molar-refractivity contribution in [2.45, 2.75) is 13.8 Å². The van der Waals surface area contributed by atoms with Crippen LogP contribution in [0.4, 0.5) is 5.69 Å². The predicted molar refractivity (Wildman–Crippen MR) is 76.0 cm³/mol. The smallest absolute Gasteiger partial charge is 0.119 e. The number of hydrogen-bond donors (Lipinski definition) is 0. The van der Waals surface area contributed by atoms with Gasteiger partial charge in [-0.3, -0.25) is 4.99 Å². The van der Waals surface area contributed by atoms with Gasteiger partial charge in [0.1, 0.15) is 5.75 Å². The minimum Gasteiger partial charge on any atom is -0.497 e. The number of nitrogens with zero attached hydrogens (tertiary/aromatic N) is 1. The maximum Gasteiger partial charge on any atom is 0.119 e. The van der Waals surface area contributed by atoms with E-state index in [0.717, 1.165) is 17.1 Å². The Labute approximate surface area is 108 Å². The number of rotatable bonds is 3. The van der Waals surface area contributed by atoms with E-state index in [1.165, 1.54) is 11.1 Å². The number of hydrogen-bond acceptors (Lipinski definition) is 2. The van der Waals surface area contributed by atoms with Gasteiger partial charge in [0.2, 0.25) is 0 Å². The number of aryl methyl sites for hydroxylation is 1. The molecule has 2 rings (SSSR count). The Morgan fingerprint density at radius 2 is 1.67 bits per heavy atom. The molecule has 0 saturated carbocycles. The molecule has 2 nitrogen and oxygen atoms in total. The zero-order valence-electron chi connectivity index (χ0n) is 11.0. The van der Waals surface area contributed by atoms with Crippen molar-refractivity contribution in [1.29, 1.82) is 0 Å². The van der Waals surface area contributed by atoms with Crippen molar-refractivity contribution in [3.8, 4) is 5.75 Å². The van der Waals surface area contributed by atoms with Crippen LogP contribution in [-0.2, 0) is 0 Å². The normalized spacial score (nSPS) is 11.4. The molecule has 0 aliphatic rings. The summed E-state index contributed by atoms with van der Waals surface area (Å²) in [5.74, 6) is 0.850. The molecule has 0 spiro atoms. The summed E-state index contributed by atoms with van der Waals surface area (Å²) in [6.45, 7) is 4.13. The van der Waals surface area contributed by atoms with E-state index in [9.17, 15) is 0 Å². The zero-order chi connectivity index (χ0) is 13.0. The molecule has 0 amide bonds. The molecule has 92 valence electrons. The standard InChI is InChI=1S/C16H17NO/c1-12-6-4-5-7-16(12)13(2)17-14-8-10-15(18-3)11-9-14/h4-11H,1-3H3. The van der Waals surface area contributed by atoms with E-state index in [2.05, 4.69) is 24.0 Å². The van der Waals surface area contributed by atoms with Gasteiger partial charge >= 0.3 is 0 Å². The molecular formula is C16H17NO. The van der Waals surface area contributed by atoms with Crippen molar-refractivity contribution in [1.82, 2.24) is 0 Å². The topological polar surface area (TPSA) is 21.6 Å². The molecule has 18 heavy (non-hydrogen) atoms. The molecule has 0 heterocycles. The third-order valence-corrected chi connectivity index (χ3v) is 2.90. The van der Waals surface area contributed by atoms with Crippen molar-refractivity contribution < 1.29 is 4.74 Å². The summed E-state index contributed by atoms with van der Waals surface area (Å²) in [6.07, 6.45) is 0. The average molecular weight is 239 g/mol. The fourth-order valence-corrected chi connectivity index (χ4v) is 1.89. The van der Waals surface area contributed by atoms with Crippen LogP contribution in [0.1, 0.15) is 18.1 Å². The molecule has 0 bridgehead atoms. The third kappa shape index (κ3) is 2.77. The predicted octanol–water partition coefficient (Wildman–Crippen LogP) is 4.14. The first-order valence-corrected chi connectivity index (χ1v) is 5.96. The number of aliphatic imine (C=N–C) groups is 1. The molecule has 2 aromatic carbocycles. The molecule has 0 saturated heterocycles. The summed E-state index contributed by atoms with van der Waals surface area (Å²) < 4.78 is 5.13. The lowest BCUT2D eigenvalue weighted by Gasteiger charge is -2.05. The number of methoxy groups -OCH3 is 1. The van der Waals surface area contributed by atoms with E-state index in [0.29, 0.717) is 0 Å². The highest BCUT2D eigenvalue weighted by atomic mass is 16.5. The Hall–Kier alpha value is -2.09. The van der Waals surface area contributed by atoms with Crippen LogP contribution in [0.5, 0.6) is 5.75 Å². The van der Waals surface area contributed by atoms with E-state index in [4.69, 9.17) is 4.74 Å². The average Bonchev–Trinajstić information content (AvgIpc) is 2.40. The van der Waals surface area contributed by atoms with E-state index >= 15 is 0 Å². The highest BCUT2D eigenvalue weighted by molar-refractivity contribution is 6.01. The summed E-state index contributed by atoms with van der Waals surface area (Å²) in [7, 11) is 1.66. The first kappa shape index (κ1) is 12.4. The summed E-state index contributed by atoms with van der Waals surface area (Å²) >= 11 is 0. The van der Waals surface area contributed by atoms with Gasteiger partial charge < -0.3 is 4.74 Å². The Balaban J connectivity index is 2.29. The molecule has 0 N–H and O–H groups in total. The maximum atomic E-state index is 5.13. The van der Waals surface area contributed by atoms with Crippen molar-refractivity contribution >= 4 is 11.4 Å². The molecule has 0 atom stereocenters. The third-order valence-electron chi connectivity index (χ3n) is 2.90. The van der Waals surface area contributed by atoms with Crippen LogP contribution < -0.4 is 4.74 Å². The quantitative estimate of drug-likeness (QED) is 0.737. The largest absolute Gasteiger partial charge is 0.497 e. The van der Waals surface area contributed by atoms with Crippen LogP contribution in [0.3, 0.4) is 0 Å². The van der Waals surface area contributed by atoms with Crippen LogP contribution in [0.15, 0.2) is 53.5 Å². The molecule has 0 aliphatic heterocycles. The number of ether oxygens (including phenoxy) is 1. The second-order valence-electron chi connectivity index (χ2n) is 4.21. The highest BCUT2D eigenvalue weighted by Crippen LogP contribution is 2.19. The van der Waals surface area contributed by atoms with Gasteiger partial charge in [-0.1, -0.05) is 24.3 Å². The molecule has 0 fully saturated rings. The van der Waals surface area contributed by atoms with Crippen molar-refractivity contribution in [3.63, 3.8) is 0 Å². The lowest BCUT2D eigenvalue weighted by molar-refractivity contribution is 0.415. The van der Waals surface area contributed by atoms with Crippen molar-refractivity contribution in [3.05, 3.63) is 59.7 Å². The van der Waals surface area contributed by atoms with E-state index in [1.54, 1.807) is 7.11 Å². The summed E-state index contributed by atoms with van der Waals surface area (Å²) in [4.78, 5) is 4.63. The fourth-order valence-electron chi connectivity index (χ4n) is 1.89. The lowest BCUT2D eigenvalue weighted by Crippen LogP contribution is -1.96. The van der Waals surface area contributed by atoms with Crippen LogP contribution >= 0.6 is 0 Å². The van der Waals surface area contributed by atoms with Crippen LogP contribution in [0, 0.1) is 6.92 Å². The van der Waals surface area contributed by atoms with Gasteiger partial charge in [0, 0.05) is 5.71 Å². The van der Waals surface area contributed by atoms with Gasteiger partial charge in [-0.05, 0) is 49.2 Å². The van der Waals surface area contributed by atoms with Crippen LogP contribution in [-0.4, -0.2) is 12.8 Å². The van der Waals surface area contributed by atoms with Crippen LogP contribution in [0.2, 0.25) is 0 Å². The summed E-state index contributed by atoms with van der Waals surface area (Å²) in [5.41, 5.74) is 4.40. The lowest BCUT2D eigenvalue weighted by atomic mass is 10.1. The first-order chi connectivity index (χ1) is 8.70. The minimum atomic E-state index is 0.850.